The van der Waals surface area contributed by atoms with E-state index in [4.69, 9.17) is 22.2 Å². The first kappa shape index (κ1) is 15.7. The van der Waals surface area contributed by atoms with Gasteiger partial charge in [-0.05, 0) is 18.2 Å². The van der Waals surface area contributed by atoms with Gasteiger partial charge in [-0.2, -0.15) is 4.31 Å². The summed E-state index contributed by atoms with van der Waals surface area (Å²) in [6.45, 7) is -0.386. The number of benzene rings is 1. The third-order valence-corrected chi connectivity index (χ3v) is 4.45. The predicted molar refractivity (Wildman–Crippen MR) is 70.1 cm³/mol. The van der Waals surface area contributed by atoms with Gasteiger partial charge in [0.2, 0.25) is 15.9 Å². The van der Waals surface area contributed by atoms with Crippen molar-refractivity contribution < 1.29 is 17.9 Å². The van der Waals surface area contributed by atoms with Crippen LogP contribution in [0.15, 0.2) is 23.1 Å². The third-order valence-electron chi connectivity index (χ3n) is 2.36. The molecule has 0 spiro atoms. The monoisotopic (exact) mass is 307 g/mol. The number of carbonyl (C=O) groups excluding carboxylic acids is 1. The molecule has 19 heavy (non-hydrogen) atoms. The SMILES string of the molecule is COc1ccc(S(=O)(=O)N(C)CC(=O)NN)cc1Cl. The number of halogens is 1. The molecule has 0 bridgehead atoms. The second kappa shape index (κ2) is 6.20. The molecule has 0 saturated carbocycles. The summed E-state index contributed by atoms with van der Waals surface area (Å²) in [5.74, 6) is 4.65. The van der Waals surface area contributed by atoms with Crippen molar-refractivity contribution in [1.29, 1.82) is 0 Å². The molecule has 0 saturated heterocycles. The molecule has 0 fully saturated rings. The number of rotatable bonds is 5. The second-order valence-corrected chi connectivity index (χ2v) is 6.08. The summed E-state index contributed by atoms with van der Waals surface area (Å²) in [5, 5.41) is 0.167. The number of likely N-dealkylation sites (N-methyl/N-ethyl adjacent to an activating group) is 1. The Kier molecular flexibility index (Phi) is 5.12. The van der Waals surface area contributed by atoms with E-state index in [2.05, 4.69) is 0 Å². The fraction of sp³-hybridized carbons (Fsp3) is 0.300. The molecule has 0 aliphatic heterocycles. The normalized spacial score (nSPS) is 11.4. The van der Waals surface area contributed by atoms with E-state index in [-0.39, 0.29) is 16.5 Å². The van der Waals surface area contributed by atoms with Gasteiger partial charge in [0.15, 0.2) is 0 Å². The average Bonchev–Trinajstić information content (AvgIpc) is 2.38. The van der Waals surface area contributed by atoms with Gasteiger partial charge in [-0.1, -0.05) is 11.6 Å². The lowest BCUT2D eigenvalue weighted by atomic mass is 10.3. The average molecular weight is 308 g/mol. The highest BCUT2D eigenvalue weighted by Crippen LogP contribution is 2.27. The molecule has 0 aliphatic carbocycles. The van der Waals surface area contributed by atoms with Gasteiger partial charge in [0, 0.05) is 7.05 Å². The second-order valence-electron chi connectivity index (χ2n) is 3.62. The van der Waals surface area contributed by atoms with Crippen LogP contribution in [0, 0.1) is 0 Å². The van der Waals surface area contributed by atoms with E-state index in [0.29, 0.717) is 5.75 Å². The molecule has 1 aromatic carbocycles. The maximum atomic E-state index is 12.1. The van der Waals surface area contributed by atoms with Crippen LogP contribution in [0.25, 0.3) is 0 Å². The highest BCUT2D eigenvalue weighted by Gasteiger charge is 2.23. The van der Waals surface area contributed by atoms with Crippen molar-refractivity contribution in [2.24, 2.45) is 5.84 Å². The molecule has 7 nitrogen and oxygen atoms in total. The van der Waals surface area contributed by atoms with E-state index >= 15 is 0 Å². The molecule has 0 aliphatic rings. The minimum absolute atomic E-state index is 0.0365. The van der Waals surface area contributed by atoms with Crippen LogP contribution < -0.4 is 16.0 Å². The Balaban J connectivity index is 3.06. The minimum Gasteiger partial charge on any atom is -0.495 e. The topological polar surface area (TPSA) is 102 Å². The van der Waals surface area contributed by atoms with Crippen molar-refractivity contribution in [2.45, 2.75) is 4.90 Å². The Hall–Kier alpha value is -1.35. The number of nitrogens with one attached hydrogen (secondary N) is 1. The van der Waals surface area contributed by atoms with E-state index in [0.717, 1.165) is 4.31 Å². The highest BCUT2D eigenvalue weighted by atomic mass is 35.5. The number of amides is 1. The lowest BCUT2D eigenvalue weighted by Gasteiger charge is -2.16. The van der Waals surface area contributed by atoms with Crippen LogP contribution in [0.4, 0.5) is 0 Å². The summed E-state index contributed by atoms with van der Waals surface area (Å²) in [6.07, 6.45) is 0. The third kappa shape index (κ3) is 3.57. The lowest BCUT2D eigenvalue weighted by molar-refractivity contribution is -0.121. The molecule has 1 rings (SSSR count). The van der Waals surface area contributed by atoms with Crippen molar-refractivity contribution in [3.63, 3.8) is 0 Å². The largest absolute Gasteiger partial charge is 0.495 e. The van der Waals surface area contributed by atoms with Gasteiger partial charge >= 0.3 is 0 Å². The first-order valence-corrected chi connectivity index (χ1v) is 6.94. The zero-order chi connectivity index (χ0) is 14.6. The Morgan fingerprint density at radius 1 is 1.53 bits per heavy atom. The molecule has 0 heterocycles. The summed E-state index contributed by atoms with van der Waals surface area (Å²) < 4.78 is 30.1. The van der Waals surface area contributed by atoms with E-state index in [9.17, 15) is 13.2 Å². The van der Waals surface area contributed by atoms with Crippen LogP contribution in [-0.4, -0.2) is 39.3 Å². The van der Waals surface area contributed by atoms with Crippen molar-refractivity contribution >= 4 is 27.5 Å². The molecule has 1 aromatic rings. The number of nitrogens with two attached hydrogens (primary N) is 1. The first-order chi connectivity index (χ1) is 8.82. The summed E-state index contributed by atoms with van der Waals surface area (Å²) in [7, 11) is -1.12. The fourth-order valence-electron chi connectivity index (χ4n) is 1.32. The molecule has 0 unspecified atom stereocenters. The van der Waals surface area contributed by atoms with Crippen molar-refractivity contribution in [2.75, 3.05) is 20.7 Å². The van der Waals surface area contributed by atoms with Crippen LogP contribution >= 0.6 is 11.6 Å². The molecule has 3 N–H and O–H groups in total. The number of hydrazine groups is 1. The number of nitrogens with zero attached hydrogens (tertiary/aromatic N) is 1. The van der Waals surface area contributed by atoms with Crippen molar-refractivity contribution in [3.05, 3.63) is 23.2 Å². The molecule has 0 radical (unpaired) electrons. The Morgan fingerprint density at radius 3 is 2.63 bits per heavy atom. The lowest BCUT2D eigenvalue weighted by Crippen LogP contribution is -2.41. The Morgan fingerprint density at radius 2 is 2.16 bits per heavy atom. The van der Waals surface area contributed by atoms with Gasteiger partial charge < -0.3 is 4.74 Å². The Labute approximate surface area is 116 Å². The van der Waals surface area contributed by atoms with Crippen molar-refractivity contribution in [1.82, 2.24) is 9.73 Å². The molecular weight excluding hydrogens is 294 g/mol. The number of ether oxygens (including phenoxy) is 1. The number of sulfonamides is 1. The maximum Gasteiger partial charge on any atom is 0.249 e. The predicted octanol–water partition coefficient (Wildman–Crippen LogP) is -0.0410. The van der Waals surface area contributed by atoms with Crippen LogP contribution in [0.1, 0.15) is 0 Å². The molecule has 1 amide bonds. The van der Waals surface area contributed by atoms with Crippen molar-refractivity contribution in [3.8, 4) is 5.75 Å². The number of hydrogen-bond acceptors (Lipinski definition) is 5. The van der Waals surface area contributed by atoms with Crippen LogP contribution in [-0.2, 0) is 14.8 Å². The minimum atomic E-state index is -3.81. The number of hydrogen-bond donors (Lipinski definition) is 2. The maximum absolute atomic E-state index is 12.1. The Bertz CT molecular complexity index is 576. The smallest absolute Gasteiger partial charge is 0.249 e. The van der Waals surface area contributed by atoms with Gasteiger partial charge in [-0.15, -0.1) is 0 Å². The van der Waals surface area contributed by atoms with Crippen LogP contribution in [0.2, 0.25) is 5.02 Å². The highest BCUT2D eigenvalue weighted by molar-refractivity contribution is 7.89. The summed E-state index contributed by atoms with van der Waals surface area (Å²) in [5.41, 5.74) is 1.86. The van der Waals surface area contributed by atoms with E-state index in [1.165, 1.54) is 32.4 Å². The molecule has 0 aromatic heterocycles. The molecular formula is C10H14ClN3O4S. The summed E-state index contributed by atoms with van der Waals surface area (Å²) in [6, 6.07) is 4.04. The molecule has 9 heteroatoms. The molecule has 0 atom stereocenters. The van der Waals surface area contributed by atoms with E-state index in [1.54, 1.807) is 0 Å². The number of methoxy groups -OCH3 is 1. The van der Waals surface area contributed by atoms with Gasteiger partial charge in [0.25, 0.3) is 0 Å². The number of carbonyl (C=O) groups is 1. The van der Waals surface area contributed by atoms with Gasteiger partial charge in [-0.25, -0.2) is 14.3 Å². The van der Waals surface area contributed by atoms with Gasteiger partial charge in [-0.3, -0.25) is 10.2 Å². The summed E-state index contributed by atoms with van der Waals surface area (Å²) >= 11 is 5.87. The zero-order valence-electron chi connectivity index (χ0n) is 10.4. The quantitative estimate of drug-likeness (QED) is 0.451. The fourth-order valence-corrected chi connectivity index (χ4v) is 2.80. The van der Waals surface area contributed by atoms with E-state index in [1.807, 2.05) is 5.43 Å². The zero-order valence-corrected chi connectivity index (χ0v) is 12.0. The first-order valence-electron chi connectivity index (χ1n) is 5.12. The van der Waals surface area contributed by atoms with E-state index < -0.39 is 15.9 Å². The van der Waals surface area contributed by atoms with Crippen LogP contribution in [0.5, 0.6) is 5.75 Å². The van der Waals surface area contributed by atoms with Gasteiger partial charge in [0.05, 0.1) is 23.6 Å². The standard InChI is InChI=1S/C10H14ClN3O4S/c1-14(6-10(15)13-12)19(16,17)7-3-4-9(18-2)8(11)5-7/h3-5H,6,12H2,1-2H3,(H,13,15). The molecule has 106 valence electrons. The van der Waals surface area contributed by atoms with Crippen LogP contribution in [0.3, 0.4) is 0 Å². The summed E-state index contributed by atoms with van der Waals surface area (Å²) in [4.78, 5) is 11.0. The van der Waals surface area contributed by atoms with Gasteiger partial charge in [0.1, 0.15) is 5.75 Å².